The smallest absolute Gasteiger partial charge is 0.0682 e. The molecule has 0 fully saturated rings. The predicted molar refractivity (Wildman–Crippen MR) is 78.4 cm³/mol. The lowest BCUT2D eigenvalue weighted by molar-refractivity contribution is 0.282. The zero-order valence-electron chi connectivity index (χ0n) is 11.7. The number of aliphatic hydroxyl groups is 1. The maximum Gasteiger partial charge on any atom is 0.0682 e. The molecule has 0 spiro atoms. The molecule has 0 aliphatic carbocycles. The zero-order valence-corrected chi connectivity index (χ0v) is 12.4. The van der Waals surface area contributed by atoms with Crippen molar-refractivity contribution in [3.63, 3.8) is 0 Å². The summed E-state index contributed by atoms with van der Waals surface area (Å²) in [6.45, 7) is 6.24. The minimum Gasteiger partial charge on any atom is -0.392 e. The van der Waals surface area contributed by atoms with Crippen molar-refractivity contribution in [1.29, 1.82) is 0 Å². The Kier molecular flexibility index (Phi) is 5.93. The molecular weight excluding hydrogens is 248 g/mol. The van der Waals surface area contributed by atoms with Gasteiger partial charge < -0.3 is 14.9 Å². The van der Waals surface area contributed by atoms with E-state index in [2.05, 4.69) is 37.7 Å². The van der Waals surface area contributed by atoms with E-state index in [0.29, 0.717) is 11.1 Å². The van der Waals surface area contributed by atoms with E-state index in [1.807, 2.05) is 18.2 Å². The van der Waals surface area contributed by atoms with Gasteiger partial charge in [0.15, 0.2) is 0 Å². The van der Waals surface area contributed by atoms with Crippen molar-refractivity contribution in [3.05, 3.63) is 28.8 Å². The Hall–Kier alpha value is -0.770. The number of halogens is 1. The summed E-state index contributed by atoms with van der Waals surface area (Å²) in [5.74, 6) is 0. The quantitative estimate of drug-likeness (QED) is 0.861. The normalized spacial score (nSPS) is 12.8. The fourth-order valence-electron chi connectivity index (χ4n) is 2.23. The SMILES string of the molecule is CCN(c1ccc(CO)cc1Cl)C(C)CN(C)C. The van der Waals surface area contributed by atoms with E-state index < -0.39 is 0 Å². The number of nitrogens with zero attached hydrogens (tertiary/aromatic N) is 2. The van der Waals surface area contributed by atoms with Crippen LogP contribution in [0.25, 0.3) is 0 Å². The molecule has 0 saturated carbocycles. The van der Waals surface area contributed by atoms with Gasteiger partial charge in [-0.3, -0.25) is 0 Å². The first-order valence-electron chi connectivity index (χ1n) is 6.30. The van der Waals surface area contributed by atoms with Crippen molar-refractivity contribution in [3.8, 4) is 0 Å². The third-order valence-electron chi connectivity index (χ3n) is 3.01. The lowest BCUT2D eigenvalue weighted by Crippen LogP contribution is -2.40. The Bertz CT molecular complexity index is 382. The summed E-state index contributed by atoms with van der Waals surface area (Å²) in [4.78, 5) is 4.45. The monoisotopic (exact) mass is 270 g/mol. The van der Waals surface area contributed by atoms with Crippen molar-refractivity contribution in [2.24, 2.45) is 0 Å². The topological polar surface area (TPSA) is 26.7 Å². The Morgan fingerprint density at radius 3 is 2.44 bits per heavy atom. The van der Waals surface area contributed by atoms with Crippen LogP contribution in [0.2, 0.25) is 5.02 Å². The summed E-state index contributed by atoms with van der Waals surface area (Å²) in [6.07, 6.45) is 0. The van der Waals surface area contributed by atoms with E-state index in [4.69, 9.17) is 16.7 Å². The van der Waals surface area contributed by atoms with Crippen molar-refractivity contribution >= 4 is 17.3 Å². The third-order valence-corrected chi connectivity index (χ3v) is 3.31. The molecule has 0 saturated heterocycles. The molecule has 3 nitrogen and oxygen atoms in total. The molecule has 1 atom stereocenters. The van der Waals surface area contributed by atoms with E-state index in [-0.39, 0.29) is 6.61 Å². The molecule has 18 heavy (non-hydrogen) atoms. The van der Waals surface area contributed by atoms with Crippen LogP contribution in [0.4, 0.5) is 5.69 Å². The lowest BCUT2D eigenvalue weighted by atomic mass is 10.1. The standard InChI is InChI=1S/C14H23ClN2O/c1-5-17(11(2)9-16(3)4)14-7-6-12(10-18)8-13(14)15/h6-8,11,18H,5,9-10H2,1-4H3. The van der Waals surface area contributed by atoms with E-state index in [1.165, 1.54) is 0 Å². The molecular formula is C14H23ClN2O. The predicted octanol–water partition coefficient (Wildman–Crippen LogP) is 2.61. The Morgan fingerprint density at radius 2 is 2.00 bits per heavy atom. The second kappa shape index (κ2) is 6.98. The van der Waals surface area contributed by atoms with Crippen molar-refractivity contribution in [2.75, 3.05) is 32.1 Å². The lowest BCUT2D eigenvalue weighted by Gasteiger charge is -2.32. The van der Waals surface area contributed by atoms with Crippen molar-refractivity contribution in [1.82, 2.24) is 4.90 Å². The number of hydrogen-bond acceptors (Lipinski definition) is 3. The molecule has 1 rings (SSSR count). The van der Waals surface area contributed by atoms with Crippen LogP contribution in [0.1, 0.15) is 19.4 Å². The number of benzene rings is 1. The minimum absolute atomic E-state index is 0.0272. The highest BCUT2D eigenvalue weighted by molar-refractivity contribution is 6.33. The molecule has 0 amide bonds. The maximum atomic E-state index is 9.10. The molecule has 0 aliphatic heterocycles. The summed E-state index contributed by atoms with van der Waals surface area (Å²) in [6, 6.07) is 6.14. The van der Waals surface area contributed by atoms with Gasteiger partial charge >= 0.3 is 0 Å². The largest absolute Gasteiger partial charge is 0.392 e. The summed E-state index contributed by atoms with van der Waals surface area (Å²) in [7, 11) is 4.14. The van der Waals surface area contributed by atoms with E-state index in [9.17, 15) is 0 Å². The van der Waals surface area contributed by atoms with Gasteiger partial charge in [-0.05, 0) is 45.6 Å². The molecule has 1 unspecified atom stereocenters. The molecule has 1 aromatic carbocycles. The van der Waals surface area contributed by atoms with Gasteiger partial charge in [0.25, 0.3) is 0 Å². The average Bonchev–Trinajstić information content (AvgIpc) is 2.31. The number of aliphatic hydroxyl groups excluding tert-OH is 1. The second-order valence-corrected chi connectivity index (χ2v) is 5.25. The van der Waals surface area contributed by atoms with E-state index in [0.717, 1.165) is 24.3 Å². The molecule has 0 aromatic heterocycles. The zero-order chi connectivity index (χ0) is 13.7. The number of likely N-dealkylation sites (N-methyl/N-ethyl adjacent to an activating group) is 2. The van der Waals surface area contributed by atoms with E-state index in [1.54, 1.807) is 0 Å². The van der Waals surface area contributed by atoms with Gasteiger partial charge in [-0.15, -0.1) is 0 Å². The Labute approximate surface area is 115 Å². The molecule has 1 aromatic rings. The molecule has 1 N–H and O–H groups in total. The number of rotatable bonds is 6. The molecule has 0 bridgehead atoms. The van der Waals surface area contributed by atoms with E-state index >= 15 is 0 Å². The van der Waals surface area contributed by atoms with Gasteiger partial charge in [0, 0.05) is 19.1 Å². The van der Waals surface area contributed by atoms with Gasteiger partial charge in [0.05, 0.1) is 17.3 Å². The highest BCUT2D eigenvalue weighted by Crippen LogP contribution is 2.28. The summed E-state index contributed by atoms with van der Waals surface area (Å²) < 4.78 is 0. The summed E-state index contributed by atoms with van der Waals surface area (Å²) in [5, 5.41) is 9.80. The molecule has 0 heterocycles. The van der Waals surface area contributed by atoms with Gasteiger partial charge in [0.1, 0.15) is 0 Å². The van der Waals surface area contributed by atoms with Gasteiger partial charge in [-0.25, -0.2) is 0 Å². The van der Waals surface area contributed by atoms with Crippen LogP contribution < -0.4 is 4.90 Å². The minimum atomic E-state index is 0.0272. The maximum absolute atomic E-state index is 9.10. The van der Waals surface area contributed by atoms with Crippen LogP contribution in [0, 0.1) is 0 Å². The van der Waals surface area contributed by atoms with Crippen molar-refractivity contribution in [2.45, 2.75) is 26.5 Å². The average molecular weight is 271 g/mol. The first-order valence-corrected chi connectivity index (χ1v) is 6.68. The van der Waals surface area contributed by atoms with Crippen LogP contribution in [0.3, 0.4) is 0 Å². The van der Waals surface area contributed by atoms with Crippen LogP contribution >= 0.6 is 11.6 Å². The van der Waals surface area contributed by atoms with Gasteiger partial charge in [-0.2, -0.15) is 0 Å². The highest BCUT2D eigenvalue weighted by atomic mass is 35.5. The highest BCUT2D eigenvalue weighted by Gasteiger charge is 2.16. The fraction of sp³-hybridized carbons (Fsp3) is 0.571. The number of hydrogen-bond donors (Lipinski definition) is 1. The number of anilines is 1. The molecule has 0 aliphatic rings. The van der Waals surface area contributed by atoms with Crippen molar-refractivity contribution < 1.29 is 5.11 Å². The fourth-order valence-corrected chi connectivity index (χ4v) is 2.54. The Morgan fingerprint density at radius 1 is 1.33 bits per heavy atom. The molecule has 102 valence electrons. The first-order chi connectivity index (χ1) is 8.49. The first kappa shape index (κ1) is 15.3. The van der Waals surface area contributed by atoms with Crippen LogP contribution in [0.5, 0.6) is 0 Å². The van der Waals surface area contributed by atoms with Crippen LogP contribution in [0.15, 0.2) is 18.2 Å². The molecule has 4 heteroatoms. The van der Waals surface area contributed by atoms with Gasteiger partial charge in [-0.1, -0.05) is 17.7 Å². The summed E-state index contributed by atoms with van der Waals surface area (Å²) in [5.41, 5.74) is 1.88. The van der Waals surface area contributed by atoms with Gasteiger partial charge in [0.2, 0.25) is 0 Å². The van der Waals surface area contributed by atoms with Crippen LogP contribution in [-0.4, -0.2) is 43.2 Å². The second-order valence-electron chi connectivity index (χ2n) is 4.84. The third kappa shape index (κ3) is 3.87. The Balaban J connectivity index is 2.94. The molecule has 0 radical (unpaired) electrons. The summed E-state index contributed by atoms with van der Waals surface area (Å²) >= 11 is 6.30. The van der Waals surface area contributed by atoms with Crippen LogP contribution in [-0.2, 0) is 6.61 Å².